The van der Waals surface area contributed by atoms with Crippen LogP contribution in [-0.2, 0) is 12.8 Å². The average Bonchev–Trinajstić information content (AvgIpc) is 3.12. The van der Waals surface area contributed by atoms with Crippen molar-refractivity contribution in [2.75, 3.05) is 6.54 Å². The van der Waals surface area contributed by atoms with E-state index in [1.165, 1.54) is 16.9 Å². The number of carbonyl (C=O) groups excluding carboxylic acids is 2. The number of aromatic hydroxyl groups is 1. The van der Waals surface area contributed by atoms with Crippen LogP contribution in [0.5, 0.6) is 5.75 Å². The molecule has 0 saturated heterocycles. The molecule has 124 valence electrons. The summed E-state index contributed by atoms with van der Waals surface area (Å²) in [5, 5.41) is 15.6. The number of nitrogens with one attached hydrogen (secondary N) is 2. The van der Waals surface area contributed by atoms with Crippen LogP contribution in [0.2, 0.25) is 0 Å². The fourth-order valence-corrected chi connectivity index (χ4v) is 4.54. The molecule has 1 aromatic carbocycles. The van der Waals surface area contributed by atoms with Gasteiger partial charge in [-0.3, -0.25) is 9.59 Å². The second-order valence-electron chi connectivity index (χ2n) is 6.25. The van der Waals surface area contributed by atoms with Crippen molar-refractivity contribution in [1.29, 1.82) is 0 Å². The van der Waals surface area contributed by atoms with Crippen molar-refractivity contribution in [2.45, 2.75) is 31.7 Å². The van der Waals surface area contributed by atoms with E-state index in [2.05, 4.69) is 10.6 Å². The molecule has 0 radical (unpaired) electrons. The number of phenolic OH excluding ortho intramolecular Hbond substituents is 1. The number of phenols is 1. The lowest BCUT2D eigenvalue weighted by molar-refractivity contribution is 0.0940. The highest BCUT2D eigenvalue weighted by molar-refractivity contribution is 7.14. The van der Waals surface area contributed by atoms with Gasteiger partial charge in [0.25, 0.3) is 11.8 Å². The van der Waals surface area contributed by atoms with Crippen molar-refractivity contribution in [2.24, 2.45) is 0 Å². The van der Waals surface area contributed by atoms with Crippen molar-refractivity contribution < 1.29 is 14.7 Å². The molecule has 0 fully saturated rings. The third-order valence-corrected chi connectivity index (χ3v) is 5.85. The smallest absolute Gasteiger partial charge is 0.261 e. The van der Waals surface area contributed by atoms with Gasteiger partial charge in [0, 0.05) is 11.4 Å². The van der Waals surface area contributed by atoms with Gasteiger partial charge in [-0.05, 0) is 55.0 Å². The van der Waals surface area contributed by atoms with Crippen LogP contribution in [-0.4, -0.2) is 23.5 Å². The molecule has 1 unspecified atom stereocenters. The molecule has 4 rings (SSSR count). The van der Waals surface area contributed by atoms with Crippen molar-refractivity contribution in [3.63, 3.8) is 0 Å². The zero-order valence-electron chi connectivity index (χ0n) is 13.1. The SMILES string of the molecule is O=C(NC1CCc2ccc(O)cc21)c1cc2c(s1)CCCNC2=O. The van der Waals surface area contributed by atoms with Gasteiger partial charge in [-0.25, -0.2) is 0 Å². The fourth-order valence-electron chi connectivity index (χ4n) is 3.43. The van der Waals surface area contributed by atoms with E-state index in [9.17, 15) is 14.7 Å². The highest BCUT2D eigenvalue weighted by atomic mass is 32.1. The summed E-state index contributed by atoms with van der Waals surface area (Å²) in [4.78, 5) is 26.2. The predicted octanol–water partition coefficient (Wildman–Crippen LogP) is 2.55. The number of hydrogen-bond acceptors (Lipinski definition) is 4. The van der Waals surface area contributed by atoms with Crippen LogP contribution in [0.1, 0.15) is 54.9 Å². The zero-order valence-corrected chi connectivity index (χ0v) is 13.9. The number of carbonyl (C=O) groups is 2. The maximum absolute atomic E-state index is 12.6. The van der Waals surface area contributed by atoms with E-state index in [1.807, 2.05) is 6.07 Å². The molecule has 1 atom stereocenters. The summed E-state index contributed by atoms with van der Waals surface area (Å²) in [6.45, 7) is 0.685. The zero-order chi connectivity index (χ0) is 16.7. The van der Waals surface area contributed by atoms with E-state index in [4.69, 9.17) is 0 Å². The van der Waals surface area contributed by atoms with Crippen molar-refractivity contribution in [1.82, 2.24) is 10.6 Å². The molecule has 2 aliphatic rings. The van der Waals surface area contributed by atoms with Gasteiger partial charge in [0.2, 0.25) is 0 Å². The van der Waals surface area contributed by atoms with E-state index in [-0.39, 0.29) is 23.6 Å². The van der Waals surface area contributed by atoms with Crippen LogP contribution < -0.4 is 10.6 Å². The summed E-state index contributed by atoms with van der Waals surface area (Å²) < 4.78 is 0. The average molecular weight is 342 g/mol. The van der Waals surface area contributed by atoms with E-state index in [0.717, 1.165) is 36.1 Å². The van der Waals surface area contributed by atoms with Gasteiger partial charge < -0.3 is 15.7 Å². The normalized spacial score (nSPS) is 19.2. The third-order valence-electron chi connectivity index (χ3n) is 4.66. The Labute approximate surface area is 143 Å². The van der Waals surface area contributed by atoms with Gasteiger partial charge in [-0.1, -0.05) is 6.07 Å². The second-order valence-corrected chi connectivity index (χ2v) is 7.39. The summed E-state index contributed by atoms with van der Waals surface area (Å²) in [7, 11) is 0. The lowest BCUT2D eigenvalue weighted by Gasteiger charge is -2.13. The minimum absolute atomic E-state index is 0.0877. The Kier molecular flexibility index (Phi) is 3.76. The second kappa shape index (κ2) is 5.94. The Balaban J connectivity index is 1.55. The minimum Gasteiger partial charge on any atom is -0.508 e. The summed E-state index contributed by atoms with van der Waals surface area (Å²) in [6.07, 6.45) is 3.45. The molecule has 0 bridgehead atoms. The fraction of sp³-hybridized carbons (Fsp3) is 0.333. The molecule has 2 amide bonds. The van der Waals surface area contributed by atoms with Gasteiger partial charge in [-0.2, -0.15) is 0 Å². The Morgan fingerprint density at radius 2 is 2.17 bits per heavy atom. The maximum Gasteiger partial charge on any atom is 0.261 e. The summed E-state index contributed by atoms with van der Waals surface area (Å²) in [5.74, 6) is -0.0228. The number of rotatable bonds is 2. The van der Waals surface area contributed by atoms with Crippen LogP contribution >= 0.6 is 11.3 Å². The molecular weight excluding hydrogens is 324 g/mol. The molecule has 24 heavy (non-hydrogen) atoms. The van der Waals surface area contributed by atoms with Gasteiger partial charge in [-0.15, -0.1) is 11.3 Å². The number of thiophene rings is 1. The van der Waals surface area contributed by atoms with E-state index in [0.29, 0.717) is 17.0 Å². The Morgan fingerprint density at radius 1 is 1.29 bits per heavy atom. The number of fused-ring (bicyclic) bond motifs is 2. The third kappa shape index (κ3) is 2.67. The summed E-state index contributed by atoms with van der Waals surface area (Å²) in [5.41, 5.74) is 2.78. The van der Waals surface area contributed by atoms with Gasteiger partial charge in [0.1, 0.15) is 5.75 Å². The van der Waals surface area contributed by atoms with Gasteiger partial charge >= 0.3 is 0 Å². The maximum atomic E-state index is 12.6. The summed E-state index contributed by atoms with van der Waals surface area (Å²) in [6, 6.07) is 6.93. The Hall–Kier alpha value is -2.34. The molecule has 6 heteroatoms. The molecule has 0 spiro atoms. The van der Waals surface area contributed by atoms with Crippen molar-refractivity contribution >= 4 is 23.2 Å². The lowest BCUT2D eigenvalue weighted by atomic mass is 10.1. The molecule has 1 aromatic heterocycles. The first-order valence-corrected chi connectivity index (χ1v) is 8.97. The first kappa shape index (κ1) is 15.2. The molecule has 0 saturated carbocycles. The van der Waals surface area contributed by atoms with Crippen molar-refractivity contribution in [3.8, 4) is 5.75 Å². The molecular formula is C18H18N2O3S. The Bertz CT molecular complexity index is 828. The number of benzene rings is 1. The van der Waals surface area contributed by atoms with Gasteiger partial charge in [0.05, 0.1) is 16.5 Å². The lowest BCUT2D eigenvalue weighted by Crippen LogP contribution is -2.26. The Morgan fingerprint density at radius 3 is 3.04 bits per heavy atom. The van der Waals surface area contributed by atoms with Crippen LogP contribution in [0.25, 0.3) is 0 Å². The predicted molar refractivity (Wildman–Crippen MR) is 91.6 cm³/mol. The molecule has 2 aromatic rings. The van der Waals surface area contributed by atoms with E-state index < -0.39 is 0 Å². The van der Waals surface area contributed by atoms with Crippen molar-refractivity contribution in [3.05, 3.63) is 50.7 Å². The number of aryl methyl sites for hydroxylation is 2. The van der Waals surface area contributed by atoms with E-state index in [1.54, 1.807) is 18.2 Å². The molecule has 1 aliphatic carbocycles. The van der Waals surface area contributed by atoms with Crippen LogP contribution in [0, 0.1) is 0 Å². The number of amides is 2. The molecule has 5 nitrogen and oxygen atoms in total. The largest absolute Gasteiger partial charge is 0.508 e. The first-order valence-electron chi connectivity index (χ1n) is 8.15. The van der Waals surface area contributed by atoms with E-state index >= 15 is 0 Å². The quantitative estimate of drug-likeness (QED) is 0.785. The van der Waals surface area contributed by atoms with Crippen LogP contribution in [0.3, 0.4) is 0 Å². The topological polar surface area (TPSA) is 78.4 Å². The monoisotopic (exact) mass is 342 g/mol. The highest BCUT2D eigenvalue weighted by Gasteiger charge is 2.27. The minimum atomic E-state index is -0.151. The molecule has 2 heterocycles. The first-order chi connectivity index (χ1) is 11.6. The van der Waals surface area contributed by atoms with Crippen LogP contribution in [0.4, 0.5) is 0 Å². The summed E-state index contributed by atoms with van der Waals surface area (Å²) >= 11 is 1.41. The molecule has 1 aliphatic heterocycles. The highest BCUT2D eigenvalue weighted by Crippen LogP contribution is 2.34. The van der Waals surface area contributed by atoms with Crippen LogP contribution in [0.15, 0.2) is 24.3 Å². The van der Waals surface area contributed by atoms with Gasteiger partial charge in [0.15, 0.2) is 0 Å². The standard InChI is InChI=1S/C18H18N2O3S/c21-11-5-3-10-4-6-14(12(10)8-11)20-18(23)16-9-13-15(24-16)2-1-7-19-17(13)22/h3,5,8-9,14,21H,1-2,4,6-7H2,(H,19,22)(H,20,23). The molecule has 3 N–H and O–H groups in total. The number of hydrogen-bond donors (Lipinski definition) is 3.